The molecule has 2 heterocycles. The second kappa shape index (κ2) is 10.3. The molecule has 5 N–H and O–H groups in total. The van der Waals surface area contributed by atoms with Crippen molar-refractivity contribution in [2.24, 2.45) is 0 Å². The lowest BCUT2D eigenvalue weighted by Crippen LogP contribution is -2.66. The molecular formula is C27H27ClFN5O4. The molecule has 1 fully saturated rings. The summed E-state index contributed by atoms with van der Waals surface area (Å²) < 4.78 is 14.4. The number of carbonyl (C=O) groups excluding carboxylic acids is 2. The molecule has 2 aromatic carbocycles. The predicted molar refractivity (Wildman–Crippen MR) is 143 cm³/mol. The highest BCUT2D eigenvalue weighted by molar-refractivity contribution is 6.31. The summed E-state index contributed by atoms with van der Waals surface area (Å²) in [6.45, 7) is 4.41. The molecule has 0 aliphatic carbocycles. The molecule has 1 aliphatic heterocycles. The fourth-order valence-electron chi connectivity index (χ4n) is 4.68. The molecule has 1 aliphatic rings. The Hall–Kier alpha value is -4.18. The third kappa shape index (κ3) is 4.74. The first-order valence-corrected chi connectivity index (χ1v) is 12.2. The lowest BCUT2D eigenvalue weighted by atomic mass is 9.69. The van der Waals surface area contributed by atoms with Gasteiger partial charge in [-0.3, -0.25) is 9.59 Å². The minimum absolute atomic E-state index is 0.00992. The van der Waals surface area contributed by atoms with Gasteiger partial charge in [-0.05, 0) is 41.3 Å². The van der Waals surface area contributed by atoms with E-state index < -0.39 is 29.0 Å². The van der Waals surface area contributed by atoms with E-state index in [2.05, 4.69) is 15.6 Å². The summed E-state index contributed by atoms with van der Waals surface area (Å²) in [6.07, 6.45) is 0. The number of benzene rings is 2. The minimum atomic E-state index is -1.19. The Kier molecular flexibility index (Phi) is 7.28. The van der Waals surface area contributed by atoms with Gasteiger partial charge in [-0.15, -0.1) is 0 Å². The van der Waals surface area contributed by atoms with Gasteiger partial charge in [0, 0.05) is 20.1 Å². The fourth-order valence-corrected chi connectivity index (χ4v) is 4.84. The van der Waals surface area contributed by atoms with Gasteiger partial charge in [0.2, 0.25) is 5.91 Å². The van der Waals surface area contributed by atoms with Crippen LogP contribution in [0.25, 0.3) is 0 Å². The molecule has 38 heavy (non-hydrogen) atoms. The van der Waals surface area contributed by atoms with Crippen LogP contribution in [0.2, 0.25) is 5.02 Å². The maximum absolute atomic E-state index is 14.4. The van der Waals surface area contributed by atoms with Crippen LogP contribution in [0.15, 0.2) is 48.5 Å². The maximum Gasteiger partial charge on any atom is 0.339 e. The van der Waals surface area contributed by atoms with Crippen molar-refractivity contribution in [1.29, 1.82) is 0 Å². The van der Waals surface area contributed by atoms with Crippen molar-refractivity contribution in [3.63, 3.8) is 0 Å². The molecule has 0 spiro atoms. The van der Waals surface area contributed by atoms with Gasteiger partial charge < -0.3 is 26.4 Å². The maximum atomic E-state index is 14.4. The first kappa shape index (κ1) is 26.9. The molecule has 2 amide bonds. The molecule has 0 radical (unpaired) electrons. The van der Waals surface area contributed by atoms with Crippen molar-refractivity contribution in [3.05, 3.63) is 81.6 Å². The molecule has 4 rings (SSSR count). The van der Waals surface area contributed by atoms with Gasteiger partial charge in [-0.25, -0.2) is 14.2 Å². The number of hydrogen-bond acceptors (Lipinski definition) is 6. The number of nitrogens with zero attached hydrogens (tertiary/aromatic N) is 2. The largest absolute Gasteiger partial charge is 0.478 e. The first-order valence-electron chi connectivity index (χ1n) is 11.8. The Labute approximate surface area is 223 Å². The van der Waals surface area contributed by atoms with Crippen LogP contribution >= 0.6 is 11.6 Å². The summed E-state index contributed by atoms with van der Waals surface area (Å²) in [4.78, 5) is 43.8. The van der Waals surface area contributed by atoms with Crippen LogP contribution < -0.4 is 21.3 Å². The van der Waals surface area contributed by atoms with E-state index in [0.717, 1.165) is 17.2 Å². The van der Waals surface area contributed by atoms with Crippen LogP contribution in [0, 0.1) is 5.82 Å². The second-order valence-corrected chi connectivity index (χ2v) is 9.84. The highest BCUT2D eigenvalue weighted by atomic mass is 35.5. The lowest BCUT2D eigenvalue weighted by molar-refractivity contribution is -0.122. The number of pyridine rings is 1. The van der Waals surface area contributed by atoms with Crippen molar-refractivity contribution < 1.29 is 23.9 Å². The fraction of sp³-hybridized carbons (Fsp3) is 0.259. The number of amides is 2. The van der Waals surface area contributed by atoms with E-state index >= 15 is 0 Å². The third-order valence-electron chi connectivity index (χ3n) is 6.70. The number of carboxylic acid groups (broad SMARTS) is 1. The number of aromatic carboxylic acids is 1. The van der Waals surface area contributed by atoms with E-state index in [1.807, 2.05) is 38.1 Å². The summed E-state index contributed by atoms with van der Waals surface area (Å²) in [5.74, 6) is -2.56. The van der Waals surface area contributed by atoms with E-state index in [-0.39, 0.29) is 46.7 Å². The third-order valence-corrected chi connectivity index (χ3v) is 6.99. The molecule has 0 bridgehead atoms. The number of rotatable bonds is 7. The summed E-state index contributed by atoms with van der Waals surface area (Å²) in [7, 11) is 1.42. The average Bonchev–Trinajstić information content (AvgIpc) is 2.85. The van der Waals surface area contributed by atoms with Crippen molar-refractivity contribution in [1.82, 2.24) is 10.3 Å². The first-order chi connectivity index (χ1) is 18.0. The van der Waals surface area contributed by atoms with Crippen molar-refractivity contribution >= 4 is 46.7 Å². The standard InChI is InChI=1S/C27H27ClFN5O4/c1-14(2)15-6-4-5-7-18(15)27(12-34(13-27)22-9-8-16(25(36)37)23(30)33-22)26(38)32-21-11-20(29)19(28)10-17(21)24(35)31-3/h4-11,14H,12-13H2,1-3H3,(H2,30,33)(H,31,35)(H,32,38)(H,36,37). The Morgan fingerprint density at radius 2 is 1.82 bits per heavy atom. The van der Waals surface area contributed by atoms with E-state index in [4.69, 9.17) is 17.3 Å². The number of carbonyl (C=O) groups is 3. The lowest BCUT2D eigenvalue weighted by Gasteiger charge is -2.50. The summed E-state index contributed by atoms with van der Waals surface area (Å²) >= 11 is 5.91. The van der Waals surface area contributed by atoms with E-state index in [0.29, 0.717) is 5.82 Å². The minimum Gasteiger partial charge on any atom is -0.478 e. The molecule has 198 valence electrons. The number of nitrogen functional groups attached to an aromatic ring is 1. The molecule has 1 saturated heterocycles. The van der Waals surface area contributed by atoms with Crippen molar-refractivity contribution in [2.45, 2.75) is 25.2 Å². The topological polar surface area (TPSA) is 138 Å². The van der Waals surface area contributed by atoms with E-state index in [1.165, 1.54) is 25.2 Å². The highest BCUT2D eigenvalue weighted by Crippen LogP contribution is 2.42. The molecule has 0 saturated carbocycles. The Morgan fingerprint density at radius 1 is 1.13 bits per heavy atom. The number of carboxylic acids is 1. The number of nitrogens with two attached hydrogens (primary N) is 1. The van der Waals surface area contributed by atoms with Crippen LogP contribution in [-0.4, -0.2) is 48.0 Å². The Morgan fingerprint density at radius 3 is 2.42 bits per heavy atom. The normalized spacial score (nSPS) is 14.1. The smallest absolute Gasteiger partial charge is 0.339 e. The SMILES string of the molecule is CNC(=O)c1cc(Cl)c(F)cc1NC(=O)C1(c2ccccc2C(C)C)CN(c2ccc(C(=O)O)c(N)n2)C1. The Balaban J connectivity index is 1.75. The molecule has 11 heteroatoms. The van der Waals surface area contributed by atoms with E-state index in [9.17, 15) is 23.9 Å². The zero-order valence-electron chi connectivity index (χ0n) is 21.0. The highest BCUT2D eigenvalue weighted by Gasteiger charge is 2.52. The molecule has 3 aromatic rings. The van der Waals surface area contributed by atoms with Gasteiger partial charge in [0.25, 0.3) is 5.91 Å². The number of aromatic nitrogens is 1. The average molecular weight is 540 g/mol. The van der Waals surface area contributed by atoms with Crippen LogP contribution in [0.5, 0.6) is 0 Å². The zero-order valence-corrected chi connectivity index (χ0v) is 21.8. The number of halogens is 2. The molecule has 0 unspecified atom stereocenters. The van der Waals surface area contributed by atoms with Crippen molar-refractivity contribution in [2.75, 3.05) is 36.1 Å². The second-order valence-electron chi connectivity index (χ2n) is 9.43. The molecule has 1 aromatic heterocycles. The summed E-state index contributed by atoms with van der Waals surface area (Å²) in [5.41, 5.74) is 6.41. The van der Waals surface area contributed by atoms with Gasteiger partial charge in [-0.1, -0.05) is 49.7 Å². The summed E-state index contributed by atoms with van der Waals surface area (Å²) in [5, 5.41) is 14.2. The quantitative estimate of drug-likeness (QED) is 0.355. The zero-order chi connectivity index (χ0) is 27.8. The van der Waals surface area contributed by atoms with Gasteiger partial charge in [-0.2, -0.15) is 0 Å². The molecular weight excluding hydrogens is 513 g/mol. The van der Waals surface area contributed by atoms with Gasteiger partial charge in [0.15, 0.2) is 0 Å². The van der Waals surface area contributed by atoms with Crippen LogP contribution in [-0.2, 0) is 10.2 Å². The van der Waals surface area contributed by atoms with Gasteiger partial charge in [0.05, 0.1) is 16.3 Å². The molecule has 9 nitrogen and oxygen atoms in total. The monoisotopic (exact) mass is 539 g/mol. The van der Waals surface area contributed by atoms with Crippen LogP contribution in [0.3, 0.4) is 0 Å². The number of anilines is 3. The predicted octanol–water partition coefficient (Wildman–Crippen LogP) is 4.03. The van der Waals surface area contributed by atoms with Gasteiger partial charge in [0.1, 0.15) is 28.4 Å². The Bertz CT molecular complexity index is 1440. The van der Waals surface area contributed by atoms with Crippen LogP contribution in [0.4, 0.5) is 21.7 Å². The van der Waals surface area contributed by atoms with Gasteiger partial charge >= 0.3 is 5.97 Å². The number of nitrogens with one attached hydrogen (secondary N) is 2. The summed E-state index contributed by atoms with van der Waals surface area (Å²) in [6, 6.07) is 12.7. The molecule has 0 atom stereocenters. The van der Waals surface area contributed by atoms with Crippen molar-refractivity contribution in [3.8, 4) is 0 Å². The van der Waals surface area contributed by atoms with Crippen LogP contribution in [0.1, 0.15) is 51.6 Å². The van der Waals surface area contributed by atoms with E-state index in [1.54, 1.807) is 4.90 Å². The number of hydrogen-bond donors (Lipinski definition) is 4.